The zero-order valence-electron chi connectivity index (χ0n) is 19.4. The minimum atomic E-state index is -0.649. The number of benzene rings is 3. The highest BCUT2D eigenvalue weighted by Gasteiger charge is 2.11. The molecule has 0 heterocycles. The number of nitrogens with one attached hydrogen (secondary N) is 2. The largest absolute Gasteiger partial charge is 0.497 e. The normalized spacial score (nSPS) is 10.1. The molecule has 0 fully saturated rings. The molecule has 0 aliphatic rings. The van der Waals surface area contributed by atoms with Crippen molar-refractivity contribution in [2.75, 3.05) is 31.5 Å². The van der Waals surface area contributed by atoms with Crippen molar-refractivity contribution in [3.63, 3.8) is 0 Å². The Hall–Kier alpha value is -4.53. The molecule has 0 radical (unpaired) electrons. The van der Waals surface area contributed by atoms with Gasteiger partial charge in [0, 0.05) is 23.9 Å². The van der Waals surface area contributed by atoms with Crippen molar-refractivity contribution in [3.05, 3.63) is 72.8 Å². The van der Waals surface area contributed by atoms with Crippen LogP contribution in [-0.2, 0) is 19.1 Å². The molecule has 0 saturated heterocycles. The summed E-state index contributed by atoms with van der Waals surface area (Å²) in [5.41, 5.74) is 1.08. The highest BCUT2D eigenvalue weighted by Crippen LogP contribution is 2.25. The molecule has 3 aromatic rings. The van der Waals surface area contributed by atoms with E-state index in [-0.39, 0.29) is 18.7 Å². The van der Waals surface area contributed by atoms with Crippen LogP contribution < -0.4 is 24.8 Å². The Morgan fingerprint density at radius 3 is 1.91 bits per heavy atom. The van der Waals surface area contributed by atoms with E-state index in [2.05, 4.69) is 10.6 Å². The fourth-order valence-corrected chi connectivity index (χ4v) is 2.94. The van der Waals surface area contributed by atoms with Gasteiger partial charge >= 0.3 is 5.97 Å². The lowest BCUT2D eigenvalue weighted by Crippen LogP contribution is -2.21. The smallest absolute Gasteiger partial charge is 0.306 e. The van der Waals surface area contributed by atoms with E-state index in [0.717, 1.165) is 5.75 Å². The number of anilines is 2. The SMILES string of the molecule is COc1ccc(Oc2ccc(NC(=O)CCC(=O)OCC(=O)Nc3cccc(OC)c3)cc2)cc1. The minimum absolute atomic E-state index is 0.0829. The summed E-state index contributed by atoms with van der Waals surface area (Å²) in [6.07, 6.45) is -0.239. The van der Waals surface area contributed by atoms with Crippen molar-refractivity contribution >= 4 is 29.2 Å². The lowest BCUT2D eigenvalue weighted by molar-refractivity contribution is -0.147. The van der Waals surface area contributed by atoms with E-state index in [4.69, 9.17) is 18.9 Å². The summed E-state index contributed by atoms with van der Waals surface area (Å²) in [5.74, 6) is 1.08. The van der Waals surface area contributed by atoms with Crippen LogP contribution >= 0.6 is 0 Å². The summed E-state index contributed by atoms with van der Waals surface area (Å²) in [5, 5.41) is 5.30. The maximum atomic E-state index is 12.1. The van der Waals surface area contributed by atoms with Gasteiger partial charge in [0.25, 0.3) is 5.91 Å². The molecular formula is C26H26N2O7. The van der Waals surface area contributed by atoms with Crippen molar-refractivity contribution in [1.82, 2.24) is 0 Å². The van der Waals surface area contributed by atoms with E-state index in [9.17, 15) is 14.4 Å². The molecule has 0 aliphatic carbocycles. The molecule has 182 valence electrons. The van der Waals surface area contributed by atoms with Gasteiger partial charge in [-0.15, -0.1) is 0 Å². The maximum absolute atomic E-state index is 12.1. The van der Waals surface area contributed by atoms with Crippen molar-refractivity contribution in [2.24, 2.45) is 0 Å². The first-order valence-electron chi connectivity index (χ1n) is 10.8. The van der Waals surface area contributed by atoms with Crippen molar-refractivity contribution in [2.45, 2.75) is 12.8 Å². The molecule has 0 spiro atoms. The Kier molecular flexibility index (Phi) is 9.07. The number of amides is 2. The van der Waals surface area contributed by atoms with Crippen LogP contribution in [0, 0.1) is 0 Å². The number of carbonyl (C=O) groups excluding carboxylic acids is 3. The van der Waals surface area contributed by atoms with Crippen LogP contribution in [0.1, 0.15) is 12.8 Å². The number of carbonyl (C=O) groups is 3. The lowest BCUT2D eigenvalue weighted by Gasteiger charge is -2.09. The van der Waals surface area contributed by atoms with Crippen molar-refractivity contribution in [1.29, 1.82) is 0 Å². The number of methoxy groups -OCH3 is 2. The zero-order valence-corrected chi connectivity index (χ0v) is 19.4. The molecule has 3 rings (SSSR count). The van der Waals surface area contributed by atoms with E-state index in [0.29, 0.717) is 28.6 Å². The standard InChI is InChI=1S/C26H26N2O7/c1-32-20-10-12-22(13-11-20)35-21-8-6-18(7-9-21)27-24(29)14-15-26(31)34-17-25(30)28-19-4-3-5-23(16-19)33-2/h3-13,16H,14-15,17H2,1-2H3,(H,27,29)(H,28,30). The average Bonchev–Trinajstić information content (AvgIpc) is 2.88. The molecule has 3 aromatic carbocycles. The van der Waals surface area contributed by atoms with Crippen molar-refractivity contribution in [3.8, 4) is 23.0 Å². The van der Waals surface area contributed by atoms with Gasteiger partial charge in [0.05, 0.1) is 20.6 Å². The van der Waals surface area contributed by atoms with Crippen LogP contribution in [0.2, 0.25) is 0 Å². The highest BCUT2D eigenvalue weighted by atomic mass is 16.5. The van der Waals surface area contributed by atoms with Crippen LogP contribution in [0.4, 0.5) is 11.4 Å². The highest BCUT2D eigenvalue weighted by molar-refractivity contribution is 5.94. The first kappa shape index (κ1) is 25.1. The summed E-state index contributed by atoms with van der Waals surface area (Å²) in [6, 6.07) is 20.8. The van der Waals surface area contributed by atoms with Gasteiger partial charge in [0.1, 0.15) is 23.0 Å². The Balaban J connectivity index is 1.36. The Bertz CT molecular complexity index is 1150. The molecule has 2 amide bonds. The molecule has 0 unspecified atom stereocenters. The summed E-state index contributed by atoms with van der Waals surface area (Å²) >= 11 is 0. The van der Waals surface area contributed by atoms with Gasteiger partial charge < -0.3 is 29.6 Å². The maximum Gasteiger partial charge on any atom is 0.306 e. The zero-order chi connectivity index (χ0) is 25.0. The average molecular weight is 479 g/mol. The third-order valence-corrected chi connectivity index (χ3v) is 4.71. The quantitative estimate of drug-likeness (QED) is 0.393. The Morgan fingerprint density at radius 1 is 0.657 bits per heavy atom. The summed E-state index contributed by atoms with van der Waals surface area (Å²) < 4.78 is 20.9. The molecule has 2 N–H and O–H groups in total. The third-order valence-electron chi connectivity index (χ3n) is 4.71. The molecule has 0 aromatic heterocycles. The van der Waals surface area contributed by atoms with Crippen LogP contribution in [0.25, 0.3) is 0 Å². The molecule has 0 bridgehead atoms. The van der Waals surface area contributed by atoms with Gasteiger partial charge in [-0.3, -0.25) is 14.4 Å². The van der Waals surface area contributed by atoms with Gasteiger partial charge in [0.2, 0.25) is 5.91 Å². The Labute approximate surface area is 203 Å². The molecule has 0 atom stereocenters. The van der Waals surface area contributed by atoms with Crippen LogP contribution in [0.3, 0.4) is 0 Å². The predicted molar refractivity (Wildman–Crippen MR) is 130 cm³/mol. The second-order valence-corrected chi connectivity index (χ2v) is 7.29. The lowest BCUT2D eigenvalue weighted by atomic mass is 10.2. The van der Waals surface area contributed by atoms with Crippen LogP contribution in [-0.4, -0.2) is 38.6 Å². The number of hydrogen-bond acceptors (Lipinski definition) is 7. The first-order chi connectivity index (χ1) is 16.9. The molecule has 9 nitrogen and oxygen atoms in total. The fourth-order valence-electron chi connectivity index (χ4n) is 2.94. The molecule has 0 aliphatic heterocycles. The monoisotopic (exact) mass is 478 g/mol. The molecule has 35 heavy (non-hydrogen) atoms. The minimum Gasteiger partial charge on any atom is -0.497 e. The molecule has 0 saturated carbocycles. The van der Waals surface area contributed by atoms with E-state index in [1.807, 2.05) is 0 Å². The second kappa shape index (κ2) is 12.6. The molecular weight excluding hydrogens is 452 g/mol. The van der Waals surface area contributed by atoms with Gasteiger partial charge in [-0.05, 0) is 60.7 Å². The van der Waals surface area contributed by atoms with Gasteiger partial charge in [-0.2, -0.15) is 0 Å². The van der Waals surface area contributed by atoms with Crippen LogP contribution in [0.15, 0.2) is 72.8 Å². The number of esters is 1. The second-order valence-electron chi connectivity index (χ2n) is 7.29. The van der Waals surface area contributed by atoms with Crippen LogP contribution in [0.5, 0.6) is 23.0 Å². The van der Waals surface area contributed by atoms with Gasteiger partial charge in [-0.1, -0.05) is 6.07 Å². The summed E-state index contributed by atoms with van der Waals surface area (Å²) in [6.45, 7) is -0.451. The predicted octanol–water partition coefficient (Wildman–Crippen LogP) is 4.40. The first-order valence-corrected chi connectivity index (χ1v) is 10.8. The van der Waals surface area contributed by atoms with E-state index >= 15 is 0 Å². The van der Waals surface area contributed by atoms with Crippen molar-refractivity contribution < 1.29 is 33.3 Å². The number of ether oxygens (including phenoxy) is 4. The fraction of sp³-hybridized carbons (Fsp3) is 0.192. The van der Waals surface area contributed by atoms with Gasteiger partial charge in [0.15, 0.2) is 6.61 Å². The Morgan fingerprint density at radius 2 is 1.26 bits per heavy atom. The van der Waals surface area contributed by atoms with E-state index in [1.165, 1.54) is 7.11 Å². The number of hydrogen-bond donors (Lipinski definition) is 2. The summed E-state index contributed by atoms with van der Waals surface area (Å²) in [4.78, 5) is 36.0. The summed E-state index contributed by atoms with van der Waals surface area (Å²) in [7, 11) is 3.11. The molecule has 9 heteroatoms. The van der Waals surface area contributed by atoms with E-state index in [1.54, 1.807) is 79.9 Å². The van der Waals surface area contributed by atoms with Gasteiger partial charge in [-0.25, -0.2) is 0 Å². The van der Waals surface area contributed by atoms with E-state index < -0.39 is 18.5 Å². The third kappa shape index (κ3) is 8.39. The number of rotatable bonds is 11. The topological polar surface area (TPSA) is 112 Å².